The SMILES string of the molecule is C=CCOC(C)(C)CCC=CC(=C)C. The van der Waals surface area contributed by atoms with Gasteiger partial charge in [-0.2, -0.15) is 0 Å². The topological polar surface area (TPSA) is 9.23 Å². The summed E-state index contributed by atoms with van der Waals surface area (Å²) in [6, 6.07) is 0. The van der Waals surface area contributed by atoms with Crippen molar-refractivity contribution in [3.8, 4) is 0 Å². The van der Waals surface area contributed by atoms with Crippen molar-refractivity contribution in [2.75, 3.05) is 6.61 Å². The van der Waals surface area contributed by atoms with Crippen molar-refractivity contribution in [2.45, 2.75) is 39.2 Å². The summed E-state index contributed by atoms with van der Waals surface area (Å²) in [4.78, 5) is 0. The Hall–Kier alpha value is -0.820. The van der Waals surface area contributed by atoms with Gasteiger partial charge in [0, 0.05) is 0 Å². The van der Waals surface area contributed by atoms with Crippen LogP contribution in [0.5, 0.6) is 0 Å². The first-order valence-electron chi connectivity index (χ1n) is 5.05. The number of allylic oxidation sites excluding steroid dienone is 3. The first-order chi connectivity index (χ1) is 6.48. The van der Waals surface area contributed by atoms with Crippen LogP contribution in [0, 0.1) is 0 Å². The van der Waals surface area contributed by atoms with E-state index in [1.54, 1.807) is 6.08 Å². The Labute approximate surface area is 88.2 Å². The van der Waals surface area contributed by atoms with E-state index in [1.165, 1.54) is 0 Å². The summed E-state index contributed by atoms with van der Waals surface area (Å²) in [5.41, 5.74) is 1.03. The van der Waals surface area contributed by atoms with Gasteiger partial charge in [0.2, 0.25) is 0 Å². The third-order valence-corrected chi connectivity index (χ3v) is 1.91. The second-order valence-electron chi connectivity index (χ2n) is 4.15. The van der Waals surface area contributed by atoms with Crippen molar-refractivity contribution in [1.29, 1.82) is 0 Å². The van der Waals surface area contributed by atoms with Crippen LogP contribution in [0.2, 0.25) is 0 Å². The number of rotatable bonds is 7. The smallest absolute Gasteiger partial charge is 0.0652 e. The average Bonchev–Trinajstić information content (AvgIpc) is 2.09. The molecule has 0 aromatic heterocycles. The van der Waals surface area contributed by atoms with Crippen LogP contribution in [-0.2, 0) is 4.74 Å². The van der Waals surface area contributed by atoms with Gasteiger partial charge in [0.25, 0.3) is 0 Å². The lowest BCUT2D eigenvalue weighted by atomic mass is 10.0. The van der Waals surface area contributed by atoms with Gasteiger partial charge >= 0.3 is 0 Å². The standard InChI is InChI=1S/C13H22O/c1-6-11-14-13(4,5)10-8-7-9-12(2)3/h6-7,9H,1-2,8,10-11H2,3-5H3. The maximum atomic E-state index is 5.61. The van der Waals surface area contributed by atoms with E-state index < -0.39 is 0 Å². The van der Waals surface area contributed by atoms with E-state index in [0.29, 0.717) is 6.61 Å². The average molecular weight is 194 g/mol. The molecule has 1 nitrogen and oxygen atoms in total. The molecular formula is C13H22O. The Morgan fingerprint density at radius 2 is 2.07 bits per heavy atom. The van der Waals surface area contributed by atoms with Crippen LogP contribution in [0.3, 0.4) is 0 Å². The van der Waals surface area contributed by atoms with Gasteiger partial charge in [-0.25, -0.2) is 0 Å². The van der Waals surface area contributed by atoms with E-state index in [9.17, 15) is 0 Å². The third kappa shape index (κ3) is 7.81. The lowest BCUT2D eigenvalue weighted by Crippen LogP contribution is -2.24. The van der Waals surface area contributed by atoms with Gasteiger partial charge in [-0.3, -0.25) is 0 Å². The van der Waals surface area contributed by atoms with Crippen molar-refractivity contribution in [3.63, 3.8) is 0 Å². The molecule has 0 radical (unpaired) electrons. The van der Waals surface area contributed by atoms with Crippen LogP contribution in [0.4, 0.5) is 0 Å². The summed E-state index contributed by atoms with van der Waals surface area (Å²) in [5.74, 6) is 0. The predicted molar refractivity (Wildman–Crippen MR) is 63.4 cm³/mol. The van der Waals surface area contributed by atoms with Gasteiger partial charge in [0.15, 0.2) is 0 Å². The number of ether oxygens (including phenoxy) is 1. The molecule has 0 aliphatic heterocycles. The normalized spacial score (nSPS) is 11.9. The Morgan fingerprint density at radius 3 is 2.57 bits per heavy atom. The van der Waals surface area contributed by atoms with Crippen LogP contribution in [0.1, 0.15) is 33.6 Å². The maximum Gasteiger partial charge on any atom is 0.0652 e. The zero-order chi connectivity index (χ0) is 11.0. The Balaban J connectivity index is 3.74. The monoisotopic (exact) mass is 194 g/mol. The van der Waals surface area contributed by atoms with Gasteiger partial charge in [-0.05, 0) is 33.6 Å². The van der Waals surface area contributed by atoms with Gasteiger partial charge in [0.05, 0.1) is 12.2 Å². The molecule has 0 bridgehead atoms. The molecule has 1 heteroatoms. The molecule has 0 aromatic carbocycles. The molecule has 0 amide bonds. The van der Waals surface area contributed by atoms with E-state index >= 15 is 0 Å². The van der Waals surface area contributed by atoms with Crippen molar-refractivity contribution >= 4 is 0 Å². The Morgan fingerprint density at radius 1 is 1.43 bits per heavy atom. The molecule has 0 atom stereocenters. The van der Waals surface area contributed by atoms with E-state index in [4.69, 9.17) is 4.74 Å². The van der Waals surface area contributed by atoms with E-state index in [0.717, 1.165) is 18.4 Å². The molecule has 0 N–H and O–H groups in total. The Kier molecular flexibility index (Phi) is 6.22. The summed E-state index contributed by atoms with van der Waals surface area (Å²) in [5, 5.41) is 0. The van der Waals surface area contributed by atoms with Crippen molar-refractivity contribution < 1.29 is 4.74 Å². The fraction of sp³-hybridized carbons (Fsp3) is 0.538. The molecule has 14 heavy (non-hydrogen) atoms. The highest BCUT2D eigenvalue weighted by Gasteiger charge is 2.15. The van der Waals surface area contributed by atoms with Crippen LogP contribution in [0.25, 0.3) is 0 Å². The highest BCUT2D eigenvalue weighted by Crippen LogP contribution is 2.17. The summed E-state index contributed by atoms with van der Waals surface area (Å²) >= 11 is 0. The molecule has 0 aromatic rings. The Bertz CT molecular complexity index is 211. The molecule has 0 fully saturated rings. The highest BCUT2D eigenvalue weighted by atomic mass is 16.5. The predicted octanol–water partition coefficient (Wildman–Crippen LogP) is 3.88. The number of hydrogen-bond acceptors (Lipinski definition) is 1. The molecule has 0 spiro atoms. The maximum absolute atomic E-state index is 5.61. The fourth-order valence-corrected chi connectivity index (χ4v) is 1.07. The molecule has 0 unspecified atom stereocenters. The zero-order valence-corrected chi connectivity index (χ0v) is 9.68. The summed E-state index contributed by atoms with van der Waals surface area (Å²) in [6.45, 7) is 14.3. The van der Waals surface area contributed by atoms with Crippen LogP contribution >= 0.6 is 0 Å². The zero-order valence-electron chi connectivity index (χ0n) is 9.68. The van der Waals surface area contributed by atoms with Gasteiger partial charge in [0.1, 0.15) is 0 Å². The molecule has 0 saturated carbocycles. The van der Waals surface area contributed by atoms with Crippen LogP contribution < -0.4 is 0 Å². The largest absolute Gasteiger partial charge is 0.372 e. The molecule has 0 rings (SSSR count). The van der Waals surface area contributed by atoms with Crippen molar-refractivity contribution in [1.82, 2.24) is 0 Å². The second kappa shape index (κ2) is 6.61. The molecule has 0 heterocycles. The highest BCUT2D eigenvalue weighted by molar-refractivity contribution is 5.10. The van der Waals surface area contributed by atoms with Gasteiger partial charge in [-0.1, -0.05) is 30.4 Å². The van der Waals surface area contributed by atoms with E-state index in [2.05, 4.69) is 33.1 Å². The van der Waals surface area contributed by atoms with Crippen molar-refractivity contribution in [3.05, 3.63) is 37.0 Å². The first-order valence-corrected chi connectivity index (χ1v) is 5.05. The summed E-state index contributed by atoms with van der Waals surface area (Å²) in [6.07, 6.45) is 8.01. The first kappa shape index (κ1) is 13.2. The minimum absolute atomic E-state index is 0.0619. The van der Waals surface area contributed by atoms with Crippen molar-refractivity contribution in [2.24, 2.45) is 0 Å². The minimum Gasteiger partial charge on any atom is -0.372 e. The van der Waals surface area contributed by atoms with E-state index in [1.807, 2.05) is 13.0 Å². The summed E-state index contributed by atoms with van der Waals surface area (Å²) in [7, 11) is 0. The quantitative estimate of drug-likeness (QED) is 0.441. The molecule has 0 saturated heterocycles. The summed E-state index contributed by atoms with van der Waals surface area (Å²) < 4.78 is 5.61. The molecule has 80 valence electrons. The minimum atomic E-state index is -0.0619. The lowest BCUT2D eigenvalue weighted by Gasteiger charge is -2.23. The van der Waals surface area contributed by atoms with Gasteiger partial charge < -0.3 is 4.74 Å². The molecule has 0 aliphatic rings. The fourth-order valence-electron chi connectivity index (χ4n) is 1.07. The molecular weight excluding hydrogens is 172 g/mol. The van der Waals surface area contributed by atoms with Crippen LogP contribution in [-0.4, -0.2) is 12.2 Å². The third-order valence-electron chi connectivity index (χ3n) is 1.91. The molecule has 0 aliphatic carbocycles. The number of hydrogen-bond donors (Lipinski definition) is 0. The lowest BCUT2D eigenvalue weighted by molar-refractivity contribution is -0.00635. The van der Waals surface area contributed by atoms with Gasteiger partial charge in [-0.15, -0.1) is 6.58 Å². The second-order valence-corrected chi connectivity index (χ2v) is 4.15. The van der Waals surface area contributed by atoms with Crippen LogP contribution in [0.15, 0.2) is 37.0 Å². The van der Waals surface area contributed by atoms with E-state index in [-0.39, 0.29) is 5.60 Å².